The Morgan fingerprint density at radius 2 is 1.91 bits per heavy atom. The van der Waals surface area contributed by atoms with Crippen molar-refractivity contribution in [2.45, 2.75) is 12.8 Å². The Bertz CT molecular complexity index is 1280. The molecule has 4 rings (SSSR count). The Kier molecular flexibility index (Phi) is 6.85. The molecule has 4 aromatic rings. The maximum atomic E-state index is 14.7. The lowest BCUT2D eigenvalue weighted by Gasteiger charge is -2.09. The van der Waals surface area contributed by atoms with Crippen LogP contribution in [0.5, 0.6) is 5.75 Å². The summed E-state index contributed by atoms with van der Waals surface area (Å²) >= 11 is 0. The molecule has 0 saturated heterocycles. The fourth-order valence-electron chi connectivity index (χ4n) is 3.37. The number of methoxy groups -OCH3 is 1. The van der Waals surface area contributed by atoms with E-state index in [1.54, 1.807) is 13.3 Å². The number of halogens is 1. The molecule has 0 aliphatic heterocycles. The van der Waals surface area contributed by atoms with Gasteiger partial charge in [-0.05, 0) is 35.4 Å². The Labute approximate surface area is 190 Å². The predicted molar refractivity (Wildman–Crippen MR) is 122 cm³/mol. The van der Waals surface area contributed by atoms with Gasteiger partial charge >= 0.3 is 0 Å². The Hall–Kier alpha value is -3.91. The zero-order valence-electron chi connectivity index (χ0n) is 18.2. The minimum atomic E-state index is -0.585. The fraction of sp³-hybridized carbons (Fsp3) is 0.200. The molecule has 0 unspecified atom stereocenters. The molecule has 0 saturated carbocycles. The molecule has 0 amide bonds. The van der Waals surface area contributed by atoms with E-state index in [9.17, 15) is 9.18 Å². The van der Waals surface area contributed by atoms with E-state index in [2.05, 4.69) is 21.6 Å². The molecule has 0 spiro atoms. The summed E-state index contributed by atoms with van der Waals surface area (Å²) in [5.41, 5.74) is 2.41. The van der Waals surface area contributed by atoms with Crippen LogP contribution in [0, 0.1) is 5.82 Å². The molecule has 168 valence electrons. The topological polar surface area (TPSA) is 79.1 Å². The molecule has 33 heavy (non-hydrogen) atoms. The van der Waals surface area contributed by atoms with Gasteiger partial charge in [0.25, 0.3) is 0 Å². The lowest BCUT2D eigenvalue weighted by molar-refractivity contribution is -0.114. The van der Waals surface area contributed by atoms with Crippen molar-refractivity contribution in [2.24, 2.45) is 0 Å². The number of hydrogen-bond acceptors (Lipinski definition) is 6. The van der Waals surface area contributed by atoms with E-state index >= 15 is 0 Å². The molecule has 0 aliphatic carbocycles. The van der Waals surface area contributed by atoms with Gasteiger partial charge in [-0.15, -0.1) is 0 Å². The maximum Gasteiger partial charge on any atom is 0.193 e. The first-order valence-electron chi connectivity index (χ1n) is 10.4. The second-order valence-corrected chi connectivity index (χ2v) is 7.42. The first-order chi connectivity index (χ1) is 16.1. The number of carbonyl (C=O) groups is 1. The van der Waals surface area contributed by atoms with Gasteiger partial charge in [0.15, 0.2) is 17.4 Å². The molecular weight excluding hydrogens is 423 g/mol. The number of ketones is 1. The third kappa shape index (κ3) is 5.30. The van der Waals surface area contributed by atoms with E-state index in [0.29, 0.717) is 31.0 Å². The van der Waals surface area contributed by atoms with Crippen LogP contribution in [-0.4, -0.2) is 45.9 Å². The van der Waals surface area contributed by atoms with Crippen molar-refractivity contribution in [2.75, 3.05) is 20.3 Å². The lowest BCUT2D eigenvalue weighted by Crippen LogP contribution is -2.08. The number of aromatic nitrogens is 4. The number of fused-ring (bicyclic) bond motifs is 1. The molecule has 0 atom stereocenters. The predicted octanol–water partition coefficient (Wildman–Crippen LogP) is 3.87. The lowest BCUT2D eigenvalue weighted by atomic mass is 10.1. The van der Waals surface area contributed by atoms with Crippen molar-refractivity contribution < 1.29 is 18.7 Å². The monoisotopic (exact) mass is 446 g/mol. The van der Waals surface area contributed by atoms with Gasteiger partial charge in [0.2, 0.25) is 0 Å². The van der Waals surface area contributed by atoms with Crippen molar-refractivity contribution in [3.63, 3.8) is 0 Å². The highest BCUT2D eigenvalue weighted by atomic mass is 19.1. The molecule has 2 heterocycles. The van der Waals surface area contributed by atoms with E-state index in [1.807, 2.05) is 42.5 Å². The van der Waals surface area contributed by atoms with E-state index in [4.69, 9.17) is 9.47 Å². The second kappa shape index (κ2) is 10.1. The van der Waals surface area contributed by atoms with Gasteiger partial charge in [-0.2, -0.15) is 5.10 Å². The third-order valence-electron chi connectivity index (χ3n) is 5.06. The van der Waals surface area contributed by atoms with Crippen LogP contribution < -0.4 is 4.74 Å². The highest BCUT2D eigenvalue weighted by molar-refractivity contribution is 5.91. The Morgan fingerprint density at radius 1 is 1.12 bits per heavy atom. The van der Waals surface area contributed by atoms with E-state index in [0.717, 1.165) is 28.5 Å². The van der Waals surface area contributed by atoms with Crippen molar-refractivity contribution in [1.29, 1.82) is 0 Å². The van der Waals surface area contributed by atoms with E-state index < -0.39 is 5.82 Å². The number of ether oxygens (including phenoxy) is 2. The molecule has 8 heteroatoms. The van der Waals surface area contributed by atoms with Crippen molar-refractivity contribution in [3.8, 4) is 11.6 Å². The number of nitrogens with zero attached hydrogens (tertiary/aromatic N) is 4. The molecule has 7 nitrogen and oxygen atoms in total. The van der Waals surface area contributed by atoms with Gasteiger partial charge in [-0.3, -0.25) is 4.79 Å². The summed E-state index contributed by atoms with van der Waals surface area (Å²) in [5, 5.41) is 5.13. The van der Waals surface area contributed by atoms with Crippen LogP contribution in [-0.2, 0) is 22.4 Å². The van der Waals surface area contributed by atoms with Crippen LogP contribution in [0.2, 0.25) is 0 Å². The summed E-state index contributed by atoms with van der Waals surface area (Å²) in [6.07, 6.45) is 4.71. The average molecular weight is 446 g/mol. The van der Waals surface area contributed by atoms with Gasteiger partial charge in [-0.25, -0.2) is 19.0 Å². The normalized spacial score (nSPS) is 11.0. The highest BCUT2D eigenvalue weighted by Gasteiger charge is 2.14. The highest BCUT2D eigenvalue weighted by Crippen LogP contribution is 2.22. The van der Waals surface area contributed by atoms with Gasteiger partial charge in [0, 0.05) is 25.3 Å². The summed E-state index contributed by atoms with van der Waals surface area (Å²) in [5.74, 6) is 0.581. The van der Waals surface area contributed by atoms with Crippen LogP contribution in [0.3, 0.4) is 0 Å². The minimum Gasteiger partial charge on any atom is -0.491 e. The SMILES string of the molecule is C=CC(=O)Cc1ccc2cnn(-c3nc(Cc4ccc(OCCOC)cc4)ncc3F)c2c1. The molecule has 0 aliphatic rings. The van der Waals surface area contributed by atoms with Crippen molar-refractivity contribution in [3.05, 3.63) is 90.3 Å². The van der Waals surface area contributed by atoms with Crippen LogP contribution >= 0.6 is 0 Å². The Morgan fingerprint density at radius 3 is 2.67 bits per heavy atom. The molecular formula is C25H23FN4O3. The summed E-state index contributed by atoms with van der Waals surface area (Å²) in [7, 11) is 1.62. The van der Waals surface area contributed by atoms with Crippen molar-refractivity contribution in [1.82, 2.24) is 19.7 Å². The number of carbonyl (C=O) groups excluding carboxylic acids is 1. The smallest absolute Gasteiger partial charge is 0.193 e. The molecule has 0 N–H and O–H groups in total. The Balaban J connectivity index is 1.58. The molecule has 0 radical (unpaired) electrons. The molecule has 2 aromatic carbocycles. The van der Waals surface area contributed by atoms with Crippen molar-refractivity contribution >= 4 is 16.7 Å². The van der Waals surface area contributed by atoms with Gasteiger partial charge in [-0.1, -0.05) is 30.8 Å². The van der Waals surface area contributed by atoms with Crippen LogP contribution in [0.15, 0.2) is 67.5 Å². The largest absolute Gasteiger partial charge is 0.491 e. The number of benzene rings is 2. The number of allylic oxidation sites excluding steroid dienone is 1. The first-order valence-corrected chi connectivity index (χ1v) is 10.4. The number of hydrogen-bond donors (Lipinski definition) is 0. The molecule has 0 bridgehead atoms. The zero-order chi connectivity index (χ0) is 23.2. The van der Waals surface area contributed by atoms with E-state index in [-0.39, 0.29) is 18.0 Å². The standard InChI is InChI=1S/C25H23FN4O3/c1-3-20(31)12-18-4-7-19-15-28-30(23(19)13-18)25-22(26)16-27-24(29-25)14-17-5-8-21(9-6-17)33-11-10-32-2/h3-9,13,15-16H,1,10-12,14H2,2H3. The zero-order valence-corrected chi connectivity index (χ0v) is 18.2. The van der Waals surface area contributed by atoms with Gasteiger partial charge in [0.05, 0.1) is 24.5 Å². The third-order valence-corrected chi connectivity index (χ3v) is 5.06. The van der Waals surface area contributed by atoms with E-state index in [1.165, 1.54) is 10.8 Å². The van der Waals surface area contributed by atoms with Gasteiger partial charge in [0.1, 0.15) is 18.2 Å². The first kappa shape index (κ1) is 22.3. The summed E-state index contributed by atoms with van der Waals surface area (Å²) in [4.78, 5) is 20.3. The van der Waals surface area contributed by atoms with Crippen LogP contribution in [0.25, 0.3) is 16.7 Å². The molecule has 0 fully saturated rings. The fourth-order valence-corrected chi connectivity index (χ4v) is 3.37. The summed E-state index contributed by atoms with van der Waals surface area (Å²) < 4.78 is 26.7. The summed E-state index contributed by atoms with van der Waals surface area (Å²) in [6, 6.07) is 13.1. The van der Waals surface area contributed by atoms with Gasteiger partial charge < -0.3 is 9.47 Å². The van der Waals surface area contributed by atoms with Crippen LogP contribution in [0.4, 0.5) is 4.39 Å². The quantitative estimate of drug-likeness (QED) is 0.272. The molecule has 2 aromatic heterocycles. The minimum absolute atomic E-state index is 0.0571. The number of rotatable bonds is 10. The maximum absolute atomic E-state index is 14.7. The summed E-state index contributed by atoms with van der Waals surface area (Å²) in [6.45, 7) is 4.50. The second-order valence-electron chi connectivity index (χ2n) is 7.42. The average Bonchev–Trinajstić information content (AvgIpc) is 3.24. The van der Waals surface area contributed by atoms with Crippen LogP contribution in [0.1, 0.15) is 17.0 Å².